The van der Waals surface area contributed by atoms with Crippen molar-refractivity contribution >= 4 is 18.5 Å². The predicted molar refractivity (Wildman–Crippen MR) is 122 cm³/mol. The third-order valence-corrected chi connectivity index (χ3v) is 6.75. The van der Waals surface area contributed by atoms with Gasteiger partial charge in [-0.25, -0.2) is 4.39 Å². The Bertz CT molecular complexity index is 987. The standard InChI is InChI=1S/C23H32BFN4O3/c1-22(2)23(3,4)32-24(31-22)20-18-15-28(19(30)11-12-27(5)6)13-14-29(18)26-21(20)16-7-9-17(25)10-8-16/h7-10H,11-15H2,1-6H3. The summed E-state index contributed by atoms with van der Waals surface area (Å²) in [5.41, 5.74) is 2.21. The SMILES string of the molecule is CN(C)CCC(=O)N1CCn2nc(-c3ccc(F)cc3)c(B3OC(C)(C)C(C)(C)O3)c2C1. The quantitative estimate of drug-likeness (QED) is 0.666. The second-order valence-electron chi connectivity index (χ2n) is 9.90. The van der Waals surface area contributed by atoms with E-state index in [1.165, 1.54) is 12.1 Å². The Hall–Kier alpha value is -2.23. The van der Waals surface area contributed by atoms with Gasteiger partial charge >= 0.3 is 7.12 Å². The molecule has 1 saturated heterocycles. The number of benzene rings is 1. The zero-order chi connectivity index (χ0) is 23.3. The molecule has 7 nitrogen and oxygen atoms in total. The summed E-state index contributed by atoms with van der Waals surface area (Å²) in [6.45, 7) is 10.4. The summed E-state index contributed by atoms with van der Waals surface area (Å²) in [4.78, 5) is 16.7. The second-order valence-corrected chi connectivity index (χ2v) is 9.90. The largest absolute Gasteiger partial charge is 0.499 e. The molecule has 2 aliphatic rings. The minimum absolute atomic E-state index is 0.120. The Morgan fingerprint density at radius 2 is 1.75 bits per heavy atom. The van der Waals surface area contributed by atoms with Gasteiger partial charge in [0.2, 0.25) is 5.91 Å². The molecule has 2 aliphatic heterocycles. The van der Waals surface area contributed by atoms with E-state index in [0.717, 1.165) is 16.7 Å². The van der Waals surface area contributed by atoms with E-state index in [-0.39, 0.29) is 11.7 Å². The highest BCUT2D eigenvalue weighted by Gasteiger charge is 2.54. The molecule has 172 valence electrons. The van der Waals surface area contributed by atoms with E-state index in [1.54, 1.807) is 12.1 Å². The zero-order valence-electron chi connectivity index (χ0n) is 19.8. The Labute approximate surface area is 189 Å². The Balaban J connectivity index is 1.73. The Kier molecular flexibility index (Phi) is 5.94. The summed E-state index contributed by atoms with van der Waals surface area (Å²) in [6, 6.07) is 6.30. The molecule has 1 fully saturated rings. The first-order valence-corrected chi connectivity index (χ1v) is 11.1. The number of halogens is 1. The summed E-state index contributed by atoms with van der Waals surface area (Å²) in [5, 5.41) is 4.85. The maximum atomic E-state index is 13.6. The Morgan fingerprint density at radius 1 is 1.12 bits per heavy atom. The van der Waals surface area contributed by atoms with Crippen LogP contribution in [0.4, 0.5) is 4.39 Å². The number of amides is 1. The first-order valence-electron chi connectivity index (χ1n) is 11.1. The van der Waals surface area contributed by atoms with E-state index in [9.17, 15) is 9.18 Å². The van der Waals surface area contributed by atoms with Gasteiger partial charge in [0, 0.05) is 30.5 Å². The number of hydrogen-bond donors (Lipinski definition) is 0. The van der Waals surface area contributed by atoms with Gasteiger partial charge in [-0.05, 0) is 66.1 Å². The van der Waals surface area contributed by atoms with Crippen LogP contribution in [-0.4, -0.2) is 71.0 Å². The fourth-order valence-corrected chi connectivity index (χ4v) is 4.06. The lowest BCUT2D eigenvalue weighted by molar-refractivity contribution is -0.132. The molecule has 1 aromatic heterocycles. The first kappa shape index (κ1) is 23.0. The van der Waals surface area contributed by atoms with Gasteiger partial charge in [-0.3, -0.25) is 9.48 Å². The number of fused-ring (bicyclic) bond motifs is 1. The van der Waals surface area contributed by atoms with Crippen molar-refractivity contribution in [2.75, 3.05) is 27.2 Å². The van der Waals surface area contributed by atoms with Crippen LogP contribution in [0.2, 0.25) is 0 Å². The molecule has 9 heteroatoms. The van der Waals surface area contributed by atoms with Crippen molar-refractivity contribution in [2.24, 2.45) is 0 Å². The normalized spacial score (nSPS) is 19.5. The number of hydrogen-bond acceptors (Lipinski definition) is 5. The van der Waals surface area contributed by atoms with Gasteiger partial charge < -0.3 is 19.1 Å². The molecule has 0 N–H and O–H groups in total. The van der Waals surface area contributed by atoms with Gasteiger partial charge in [0.1, 0.15) is 5.82 Å². The molecule has 2 aromatic rings. The summed E-state index contributed by atoms with van der Waals surface area (Å²) >= 11 is 0. The van der Waals surface area contributed by atoms with Crippen molar-refractivity contribution in [3.63, 3.8) is 0 Å². The van der Waals surface area contributed by atoms with Crippen LogP contribution in [0.15, 0.2) is 24.3 Å². The van der Waals surface area contributed by atoms with Gasteiger partial charge in [0.15, 0.2) is 0 Å². The molecule has 0 aliphatic carbocycles. The summed E-state index contributed by atoms with van der Waals surface area (Å²) in [6.07, 6.45) is 0.470. The van der Waals surface area contributed by atoms with Crippen LogP contribution in [0.3, 0.4) is 0 Å². The third-order valence-electron chi connectivity index (χ3n) is 6.75. The van der Waals surface area contributed by atoms with Crippen LogP contribution in [-0.2, 0) is 27.2 Å². The fraction of sp³-hybridized carbons (Fsp3) is 0.565. The zero-order valence-corrected chi connectivity index (χ0v) is 19.8. The molecule has 0 atom stereocenters. The van der Waals surface area contributed by atoms with Crippen molar-refractivity contribution in [3.8, 4) is 11.3 Å². The Morgan fingerprint density at radius 3 is 2.34 bits per heavy atom. The van der Waals surface area contributed by atoms with Crippen LogP contribution in [0.25, 0.3) is 11.3 Å². The highest BCUT2D eigenvalue weighted by atomic mass is 19.1. The van der Waals surface area contributed by atoms with Crippen molar-refractivity contribution < 1.29 is 18.5 Å². The van der Waals surface area contributed by atoms with Crippen LogP contribution in [0.5, 0.6) is 0 Å². The van der Waals surface area contributed by atoms with Crippen LogP contribution in [0, 0.1) is 5.82 Å². The van der Waals surface area contributed by atoms with E-state index in [1.807, 2.05) is 56.3 Å². The van der Waals surface area contributed by atoms with Crippen LogP contribution in [0.1, 0.15) is 39.8 Å². The number of carbonyl (C=O) groups is 1. The van der Waals surface area contributed by atoms with E-state index < -0.39 is 18.3 Å². The van der Waals surface area contributed by atoms with Crippen molar-refractivity contribution in [1.82, 2.24) is 19.6 Å². The first-order chi connectivity index (χ1) is 15.0. The smallest absolute Gasteiger partial charge is 0.399 e. The predicted octanol–water partition coefficient (Wildman–Crippen LogP) is 2.28. The minimum atomic E-state index is -0.624. The van der Waals surface area contributed by atoms with E-state index in [0.29, 0.717) is 38.3 Å². The molecule has 0 spiro atoms. The lowest BCUT2D eigenvalue weighted by Gasteiger charge is -2.32. The van der Waals surface area contributed by atoms with Gasteiger partial charge in [0.25, 0.3) is 0 Å². The maximum Gasteiger partial charge on any atom is 0.499 e. The number of carbonyl (C=O) groups excluding carboxylic acids is 1. The fourth-order valence-electron chi connectivity index (χ4n) is 4.06. The molecule has 0 unspecified atom stereocenters. The van der Waals surface area contributed by atoms with Gasteiger partial charge in [-0.1, -0.05) is 0 Å². The molecule has 0 saturated carbocycles. The van der Waals surface area contributed by atoms with E-state index >= 15 is 0 Å². The average Bonchev–Trinajstić information content (AvgIpc) is 3.19. The molecule has 32 heavy (non-hydrogen) atoms. The summed E-state index contributed by atoms with van der Waals surface area (Å²) in [5.74, 6) is -0.179. The highest BCUT2D eigenvalue weighted by Crippen LogP contribution is 2.38. The maximum absolute atomic E-state index is 13.6. The lowest BCUT2D eigenvalue weighted by atomic mass is 9.75. The molecule has 4 rings (SSSR count). The molecule has 3 heterocycles. The number of aromatic nitrogens is 2. The summed E-state index contributed by atoms with van der Waals surface area (Å²) in [7, 11) is 3.30. The van der Waals surface area contributed by atoms with Gasteiger partial charge in [-0.2, -0.15) is 5.10 Å². The molecule has 1 aromatic carbocycles. The van der Waals surface area contributed by atoms with Crippen molar-refractivity contribution in [3.05, 3.63) is 35.8 Å². The van der Waals surface area contributed by atoms with Gasteiger partial charge in [-0.15, -0.1) is 0 Å². The van der Waals surface area contributed by atoms with Crippen LogP contribution >= 0.6 is 0 Å². The molecule has 1 amide bonds. The average molecular weight is 442 g/mol. The molecule has 0 bridgehead atoms. The molecule has 0 radical (unpaired) electrons. The topological polar surface area (TPSA) is 59.8 Å². The van der Waals surface area contributed by atoms with Crippen molar-refractivity contribution in [2.45, 2.75) is 58.4 Å². The van der Waals surface area contributed by atoms with E-state index in [4.69, 9.17) is 14.4 Å². The monoisotopic (exact) mass is 442 g/mol. The minimum Gasteiger partial charge on any atom is -0.399 e. The lowest BCUT2D eigenvalue weighted by Crippen LogP contribution is -2.44. The summed E-state index contributed by atoms with van der Waals surface area (Å²) < 4.78 is 28.3. The van der Waals surface area contributed by atoms with Crippen LogP contribution < -0.4 is 5.46 Å². The van der Waals surface area contributed by atoms with E-state index in [2.05, 4.69) is 0 Å². The molecular formula is C23H32BFN4O3. The highest BCUT2D eigenvalue weighted by molar-refractivity contribution is 6.64. The number of nitrogens with zero attached hydrogens (tertiary/aromatic N) is 4. The van der Waals surface area contributed by atoms with Gasteiger partial charge in [0.05, 0.1) is 35.7 Å². The second kappa shape index (κ2) is 8.28. The molecular weight excluding hydrogens is 410 g/mol. The van der Waals surface area contributed by atoms with Crippen molar-refractivity contribution in [1.29, 1.82) is 0 Å². The number of rotatable bonds is 5. The third kappa shape index (κ3) is 4.21.